The average Bonchev–Trinajstić information content (AvgIpc) is 2.69. The van der Waals surface area contributed by atoms with Crippen molar-refractivity contribution in [3.8, 4) is 0 Å². The summed E-state index contributed by atoms with van der Waals surface area (Å²) in [5.41, 5.74) is 0. The van der Waals surface area contributed by atoms with Gasteiger partial charge in [0.2, 0.25) is 0 Å². The SMILES string of the molecule is C[C@@H]1CN(CCC2CCCCC2)C[C@H]1C(=O)O. The van der Waals surface area contributed by atoms with Crippen LogP contribution < -0.4 is 0 Å². The van der Waals surface area contributed by atoms with Crippen LogP contribution in [0.1, 0.15) is 45.4 Å². The first-order valence-corrected chi connectivity index (χ1v) is 7.12. The zero-order chi connectivity index (χ0) is 12.3. The molecule has 1 saturated heterocycles. The molecule has 1 N–H and O–H groups in total. The van der Waals surface area contributed by atoms with Crippen LogP contribution in [0.2, 0.25) is 0 Å². The van der Waals surface area contributed by atoms with Crippen molar-refractivity contribution in [3.05, 3.63) is 0 Å². The lowest BCUT2D eigenvalue weighted by atomic mass is 9.87. The van der Waals surface area contributed by atoms with Crippen molar-refractivity contribution in [1.29, 1.82) is 0 Å². The molecule has 17 heavy (non-hydrogen) atoms. The van der Waals surface area contributed by atoms with E-state index >= 15 is 0 Å². The predicted molar refractivity (Wildman–Crippen MR) is 67.9 cm³/mol. The fraction of sp³-hybridized carbons (Fsp3) is 0.929. The molecule has 0 radical (unpaired) electrons. The van der Waals surface area contributed by atoms with Gasteiger partial charge < -0.3 is 10.0 Å². The molecule has 0 bridgehead atoms. The maximum atomic E-state index is 11.0. The zero-order valence-electron chi connectivity index (χ0n) is 10.9. The highest BCUT2D eigenvalue weighted by Crippen LogP contribution is 2.28. The topological polar surface area (TPSA) is 40.5 Å². The summed E-state index contributed by atoms with van der Waals surface area (Å²) in [6.07, 6.45) is 8.28. The Bertz CT molecular complexity index is 261. The lowest BCUT2D eigenvalue weighted by Gasteiger charge is -2.24. The number of likely N-dealkylation sites (tertiary alicyclic amines) is 1. The van der Waals surface area contributed by atoms with Gasteiger partial charge in [0.05, 0.1) is 5.92 Å². The number of carboxylic acid groups (broad SMARTS) is 1. The Balaban J connectivity index is 1.71. The molecule has 2 aliphatic rings. The van der Waals surface area contributed by atoms with Gasteiger partial charge in [0, 0.05) is 13.1 Å². The largest absolute Gasteiger partial charge is 0.481 e. The van der Waals surface area contributed by atoms with E-state index in [4.69, 9.17) is 5.11 Å². The lowest BCUT2D eigenvalue weighted by molar-refractivity contribution is -0.142. The Morgan fingerprint density at radius 3 is 2.53 bits per heavy atom. The van der Waals surface area contributed by atoms with Gasteiger partial charge in [-0.25, -0.2) is 0 Å². The third kappa shape index (κ3) is 3.44. The summed E-state index contributed by atoms with van der Waals surface area (Å²) in [5.74, 6) is 0.473. The van der Waals surface area contributed by atoms with E-state index in [2.05, 4.69) is 11.8 Å². The maximum Gasteiger partial charge on any atom is 0.308 e. The Kier molecular flexibility index (Phi) is 4.43. The highest BCUT2D eigenvalue weighted by atomic mass is 16.4. The molecule has 2 rings (SSSR count). The molecule has 0 aromatic carbocycles. The standard InChI is InChI=1S/C14H25NO2/c1-11-9-15(10-13(11)14(16)17)8-7-12-5-3-2-4-6-12/h11-13H,2-10H2,1H3,(H,16,17)/t11-,13-/m1/s1. The summed E-state index contributed by atoms with van der Waals surface area (Å²) in [6, 6.07) is 0. The summed E-state index contributed by atoms with van der Waals surface area (Å²) in [7, 11) is 0. The molecule has 3 heteroatoms. The minimum atomic E-state index is -0.613. The molecule has 0 aromatic rings. The molecule has 1 saturated carbocycles. The highest BCUT2D eigenvalue weighted by molar-refractivity contribution is 5.71. The van der Waals surface area contributed by atoms with E-state index in [-0.39, 0.29) is 5.92 Å². The van der Waals surface area contributed by atoms with Crippen LogP contribution in [0.5, 0.6) is 0 Å². The van der Waals surface area contributed by atoms with Gasteiger partial charge in [-0.3, -0.25) is 4.79 Å². The third-order valence-corrected chi connectivity index (χ3v) is 4.58. The fourth-order valence-corrected chi connectivity index (χ4v) is 3.41. The minimum absolute atomic E-state index is 0.138. The van der Waals surface area contributed by atoms with Crippen molar-refractivity contribution in [3.63, 3.8) is 0 Å². The van der Waals surface area contributed by atoms with Gasteiger partial charge in [-0.05, 0) is 24.8 Å². The number of hydrogen-bond acceptors (Lipinski definition) is 2. The lowest BCUT2D eigenvalue weighted by Crippen LogP contribution is -2.26. The number of carboxylic acids is 1. The smallest absolute Gasteiger partial charge is 0.308 e. The van der Waals surface area contributed by atoms with Gasteiger partial charge in [-0.15, -0.1) is 0 Å². The summed E-state index contributed by atoms with van der Waals surface area (Å²) >= 11 is 0. The van der Waals surface area contributed by atoms with E-state index in [1.54, 1.807) is 0 Å². The van der Waals surface area contributed by atoms with Crippen molar-refractivity contribution in [2.75, 3.05) is 19.6 Å². The molecule has 1 aliphatic heterocycles. The maximum absolute atomic E-state index is 11.0. The number of nitrogens with zero attached hydrogens (tertiary/aromatic N) is 1. The van der Waals surface area contributed by atoms with Gasteiger partial charge in [0.15, 0.2) is 0 Å². The summed E-state index contributed by atoms with van der Waals surface area (Å²) < 4.78 is 0. The number of rotatable bonds is 4. The average molecular weight is 239 g/mol. The monoisotopic (exact) mass is 239 g/mol. The van der Waals surface area contributed by atoms with Gasteiger partial charge in [-0.1, -0.05) is 39.0 Å². The van der Waals surface area contributed by atoms with Crippen LogP contribution in [0.4, 0.5) is 0 Å². The first kappa shape index (κ1) is 12.9. The first-order valence-electron chi connectivity index (χ1n) is 7.12. The molecule has 2 atom stereocenters. The number of carbonyl (C=O) groups is 1. The van der Waals surface area contributed by atoms with Crippen molar-refractivity contribution in [1.82, 2.24) is 4.90 Å². The molecule has 1 heterocycles. The number of hydrogen-bond donors (Lipinski definition) is 1. The van der Waals surface area contributed by atoms with Crippen LogP contribution in [-0.4, -0.2) is 35.6 Å². The van der Waals surface area contributed by atoms with Gasteiger partial charge in [0.1, 0.15) is 0 Å². The van der Waals surface area contributed by atoms with E-state index in [0.29, 0.717) is 5.92 Å². The Labute approximate surface area is 104 Å². The fourth-order valence-electron chi connectivity index (χ4n) is 3.41. The summed E-state index contributed by atoms with van der Waals surface area (Å²) in [5, 5.41) is 9.09. The Morgan fingerprint density at radius 2 is 1.94 bits per heavy atom. The highest BCUT2D eigenvalue weighted by Gasteiger charge is 2.34. The summed E-state index contributed by atoms with van der Waals surface area (Å²) in [4.78, 5) is 13.4. The second-order valence-electron chi connectivity index (χ2n) is 5.97. The van der Waals surface area contributed by atoms with Crippen LogP contribution in [0.15, 0.2) is 0 Å². The molecule has 98 valence electrons. The molecular formula is C14H25NO2. The normalized spacial score (nSPS) is 31.8. The molecule has 0 unspecified atom stereocenters. The van der Waals surface area contributed by atoms with Gasteiger partial charge in [-0.2, -0.15) is 0 Å². The van der Waals surface area contributed by atoms with Gasteiger partial charge in [0.25, 0.3) is 0 Å². The van der Waals surface area contributed by atoms with Crippen LogP contribution in [-0.2, 0) is 4.79 Å². The van der Waals surface area contributed by atoms with Crippen molar-refractivity contribution in [2.24, 2.45) is 17.8 Å². The molecule has 1 aliphatic carbocycles. The first-order chi connectivity index (χ1) is 8.16. The van der Waals surface area contributed by atoms with Crippen molar-refractivity contribution < 1.29 is 9.90 Å². The minimum Gasteiger partial charge on any atom is -0.481 e. The predicted octanol–water partition coefficient (Wildman–Crippen LogP) is 2.61. The van der Waals surface area contributed by atoms with Crippen LogP contribution in [0, 0.1) is 17.8 Å². The van der Waals surface area contributed by atoms with Crippen LogP contribution in [0.3, 0.4) is 0 Å². The second kappa shape index (κ2) is 5.85. The molecule has 2 fully saturated rings. The van der Waals surface area contributed by atoms with Crippen molar-refractivity contribution in [2.45, 2.75) is 45.4 Å². The molecule has 0 amide bonds. The quantitative estimate of drug-likeness (QED) is 0.820. The van der Waals surface area contributed by atoms with Crippen LogP contribution >= 0.6 is 0 Å². The van der Waals surface area contributed by atoms with E-state index in [0.717, 1.165) is 25.6 Å². The molecule has 3 nitrogen and oxygen atoms in total. The van der Waals surface area contributed by atoms with E-state index in [9.17, 15) is 4.79 Å². The molecule has 0 spiro atoms. The van der Waals surface area contributed by atoms with Crippen molar-refractivity contribution >= 4 is 5.97 Å². The van der Waals surface area contributed by atoms with E-state index in [1.807, 2.05) is 0 Å². The Morgan fingerprint density at radius 1 is 1.24 bits per heavy atom. The van der Waals surface area contributed by atoms with Crippen LogP contribution in [0.25, 0.3) is 0 Å². The summed E-state index contributed by atoms with van der Waals surface area (Å²) in [6.45, 7) is 4.92. The number of aliphatic carboxylic acids is 1. The molecular weight excluding hydrogens is 214 g/mol. The third-order valence-electron chi connectivity index (χ3n) is 4.58. The zero-order valence-corrected chi connectivity index (χ0v) is 10.9. The van der Waals surface area contributed by atoms with Gasteiger partial charge >= 0.3 is 5.97 Å². The molecule has 0 aromatic heterocycles. The Hall–Kier alpha value is -0.570. The van der Waals surface area contributed by atoms with E-state index in [1.165, 1.54) is 38.5 Å². The second-order valence-corrected chi connectivity index (χ2v) is 5.97. The van der Waals surface area contributed by atoms with E-state index < -0.39 is 5.97 Å².